The predicted octanol–water partition coefficient (Wildman–Crippen LogP) is 1.53. The zero-order valence-corrected chi connectivity index (χ0v) is 11.8. The number of hydrogen-bond donors (Lipinski definition) is 2. The molecule has 0 spiro atoms. The fourth-order valence-electron chi connectivity index (χ4n) is 1.80. The highest BCUT2D eigenvalue weighted by molar-refractivity contribution is 5.97. The Hall–Kier alpha value is -2.83. The van der Waals surface area contributed by atoms with E-state index in [0.29, 0.717) is 29.4 Å². The maximum absolute atomic E-state index is 11.4. The van der Waals surface area contributed by atoms with Gasteiger partial charge < -0.3 is 15.2 Å². The first-order chi connectivity index (χ1) is 10.0. The van der Waals surface area contributed by atoms with E-state index in [1.807, 2.05) is 6.92 Å². The minimum Gasteiger partial charge on any atom is -0.493 e. The molecule has 7 heteroatoms. The van der Waals surface area contributed by atoms with Gasteiger partial charge in [0.05, 0.1) is 12.7 Å². The Kier molecular flexibility index (Phi) is 4.22. The second-order valence-electron chi connectivity index (χ2n) is 4.47. The van der Waals surface area contributed by atoms with Crippen LogP contribution < -0.4 is 15.2 Å². The van der Waals surface area contributed by atoms with Gasteiger partial charge in [-0.25, -0.2) is 0 Å². The minimum absolute atomic E-state index is 0.0448. The van der Waals surface area contributed by atoms with Crippen LogP contribution in [0.1, 0.15) is 17.4 Å². The minimum atomic E-state index is -0.674. The standard InChI is InChI=1S/C14H16N4O3/c1-8(2)7-21-13-9(5-4-6-10(13)20-3)11-12(14(15)19)17-18-16-11/h4-6H,1,7H2,2-3H3,(H2,15,19)(H,16,17,18). The van der Waals surface area contributed by atoms with Gasteiger partial charge in [-0.15, -0.1) is 0 Å². The van der Waals surface area contributed by atoms with Crippen molar-refractivity contribution in [3.8, 4) is 22.8 Å². The second-order valence-corrected chi connectivity index (χ2v) is 4.47. The highest BCUT2D eigenvalue weighted by atomic mass is 16.5. The lowest BCUT2D eigenvalue weighted by Crippen LogP contribution is -2.13. The number of carbonyl (C=O) groups is 1. The van der Waals surface area contributed by atoms with Crippen molar-refractivity contribution in [3.63, 3.8) is 0 Å². The van der Waals surface area contributed by atoms with E-state index in [1.54, 1.807) is 18.2 Å². The summed E-state index contributed by atoms with van der Waals surface area (Å²) in [7, 11) is 1.53. The first kappa shape index (κ1) is 14.6. The Bertz CT molecular complexity index is 679. The van der Waals surface area contributed by atoms with Gasteiger partial charge in [0.25, 0.3) is 5.91 Å². The number of amides is 1. The van der Waals surface area contributed by atoms with Crippen LogP contribution in [0.3, 0.4) is 0 Å². The number of nitrogens with two attached hydrogens (primary N) is 1. The van der Waals surface area contributed by atoms with Gasteiger partial charge in [-0.1, -0.05) is 12.6 Å². The van der Waals surface area contributed by atoms with Crippen LogP contribution in [-0.2, 0) is 0 Å². The number of methoxy groups -OCH3 is 1. The molecule has 0 fully saturated rings. The van der Waals surface area contributed by atoms with E-state index in [9.17, 15) is 4.79 Å². The summed E-state index contributed by atoms with van der Waals surface area (Å²) >= 11 is 0. The van der Waals surface area contributed by atoms with E-state index in [2.05, 4.69) is 22.0 Å². The van der Waals surface area contributed by atoms with Crippen LogP contribution in [0.5, 0.6) is 11.5 Å². The van der Waals surface area contributed by atoms with Gasteiger partial charge in [-0.3, -0.25) is 4.79 Å². The monoisotopic (exact) mass is 288 g/mol. The number of H-pyrrole nitrogens is 1. The smallest absolute Gasteiger partial charge is 0.271 e. The van der Waals surface area contributed by atoms with Crippen LogP contribution in [0.25, 0.3) is 11.3 Å². The molecule has 0 aliphatic rings. The summed E-state index contributed by atoms with van der Waals surface area (Å²) < 4.78 is 11.0. The topological polar surface area (TPSA) is 103 Å². The van der Waals surface area contributed by atoms with Gasteiger partial charge >= 0.3 is 0 Å². The fraction of sp³-hybridized carbons (Fsp3) is 0.214. The van der Waals surface area contributed by atoms with Crippen LogP contribution in [0.15, 0.2) is 30.4 Å². The summed E-state index contributed by atoms with van der Waals surface area (Å²) in [5, 5.41) is 10.1. The molecule has 0 saturated heterocycles. The molecule has 0 saturated carbocycles. The number of para-hydroxylation sites is 1. The van der Waals surface area contributed by atoms with Crippen molar-refractivity contribution in [3.05, 3.63) is 36.0 Å². The number of aromatic nitrogens is 3. The number of rotatable bonds is 6. The molecular formula is C14H16N4O3. The molecule has 1 amide bonds. The van der Waals surface area contributed by atoms with Gasteiger partial charge in [-0.05, 0) is 24.6 Å². The molecule has 7 nitrogen and oxygen atoms in total. The van der Waals surface area contributed by atoms with Crippen molar-refractivity contribution in [2.24, 2.45) is 5.73 Å². The zero-order chi connectivity index (χ0) is 15.4. The maximum Gasteiger partial charge on any atom is 0.271 e. The average Bonchev–Trinajstić information content (AvgIpc) is 2.93. The number of nitrogens with zero attached hydrogens (tertiary/aromatic N) is 2. The maximum atomic E-state index is 11.4. The molecule has 3 N–H and O–H groups in total. The molecule has 1 heterocycles. The molecular weight excluding hydrogens is 272 g/mol. The van der Waals surface area contributed by atoms with Crippen LogP contribution >= 0.6 is 0 Å². The van der Waals surface area contributed by atoms with Gasteiger partial charge in [0, 0.05) is 0 Å². The number of ether oxygens (including phenoxy) is 2. The fourth-order valence-corrected chi connectivity index (χ4v) is 1.80. The van der Waals surface area contributed by atoms with E-state index in [-0.39, 0.29) is 5.69 Å². The highest BCUT2D eigenvalue weighted by Gasteiger charge is 2.21. The lowest BCUT2D eigenvalue weighted by molar-refractivity contribution is 0.0996. The van der Waals surface area contributed by atoms with Crippen molar-refractivity contribution in [1.82, 2.24) is 15.4 Å². The predicted molar refractivity (Wildman–Crippen MR) is 77.2 cm³/mol. The third kappa shape index (κ3) is 3.02. The molecule has 2 aromatic rings. The Morgan fingerprint density at radius 2 is 2.19 bits per heavy atom. The molecule has 0 aliphatic heterocycles. The molecule has 21 heavy (non-hydrogen) atoms. The number of aromatic amines is 1. The number of carbonyl (C=O) groups excluding carboxylic acids is 1. The summed E-state index contributed by atoms with van der Waals surface area (Å²) in [6.45, 7) is 5.95. The van der Waals surface area contributed by atoms with E-state index >= 15 is 0 Å². The lowest BCUT2D eigenvalue weighted by Gasteiger charge is -2.14. The van der Waals surface area contributed by atoms with Crippen LogP contribution in [0.2, 0.25) is 0 Å². The van der Waals surface area contributed by atoms with E-state index in [0.717, 1.165) is 5.57 Å². The van der Waals surface area contributed by atoms with Crippen molar-refractivity contribution in [1.29, 1.82) is 0 Å². The third-order valence-electron chi connectivity index (χ3n) is 2.70. The molecule has 110 valence electrons. The molecule has 0 radical (unpaired) electrons. The van der Waals surface area contributed by atoms with Crippen molar-refractivity contribution in [2.45, 2.75) is 6.92 Å². The van der Waals surface area contributed by atoms with Crippen molar-refractivity contribution >= 4 is 5.91 Å². The quantitative estimate of drug-likeness (QED) is 0.785. The van der Waals surface area contributed by atoms with Gasteiger partial charge in [0.2, 0.25) is 0 Å². The van der Waals surface area contributed by atoms with Crippen LogP contribution in [0, 0.1) is 0 Å². The molecule has 0 bridgehead atoms. The van der Waals surface area contributed by atoms with Gasteiger partial charge in [0.1, 0.15) is 12.3 Å². The normalized spacial score (nSPS) is 10.2. The largest absolute Gasteiger partial charge is 0.493 e. The molecule has 1 aromatic carbocycles. The Morgan fingerprint density at radius 3 is 2.81 bits per heavy atom. The zero-order valence-electron chi connectivity index (χ0n) is 11.8. The van der Waals surface area contributed by atoms with Gasteiger partial charge in [-0.2, -0.15) is 15.4 Å². The van der Waals surface area contributed by atoms with Crippen LogP contribution in [-0.4, -0.2) is 35.0 Å². The molecule has 0 aliphatic carbocycles. The highest BCUT2D eigenvalue weighted by Crippen LogP contribution is 2.38. The molecule has 0 unspecified atom stereocenters. The molecule has 2 rings (SSSR count). The molecule has 1 aromatic heterocycles. The first-order valence-corrected chi connectivity index (χ1v) is 6.19. The average molecular weight is 288 g/mol. The number of benzene rings is 1. The summed E-state index contributed by atoms with van der Waals surface area (Å²) in [6.07, 6.45) is 0. The first-order valence-electron chi connectivity index (χ1n) is 6.19. The summed E-state index contributed by atoms with van der Waals surface area (Å²) in [4.78, 5) is 11.4. The van der Waals surface area contributed by atoms with Crippen LogP contribution in [0.4, 0.5) is 0 Å². The van der Waals surface area contributed by atoms with E-state index in [4.69, 9.17) is 15.2 Å². The number of primary amides is 1. The van der Waals surface area contributed by atoms with E-state index < -0.39 is 5.91 Å². The van der Waals surface area contributed by atoms with E-state index in [1.165, 1.54) is 7.11 Å². The molecule has 0 atom stereocenters. The van der Waals surface area contributed by atoms with Crippen molar-refractivity contribution < 1.29 is 14.3 Å². The Labute approximate surface area is 121 Å². The number of nitrogens with one attached hydrogen (secondary N) is 1. The third-order valence-corrected chi connectivity index (χ3v) is 2.70. The van der Waals surface area contributed by atoms with Crippen molar-refractivity contribution in [2.75, 3.05) is 13.7 Å². The number of hydrogen-bond acceptors (Lipinski definition) is 5. The summed E-state index contributed by atoms with van der Waals surface area (Å²) in [5.74, 6) is 0.305. The second kappa shape index (κ2) is 6.08. The van der Waals surface area contributed by atoms with Gasteiger partial charge in [0.15, 0.2) is 17.2 Å². The summed E-state index contributed by atoms with van der Waals surface area (Å²) in [5.41, 5.74) is 7.07. The lowest BCUT2D eigenvalue weighted by atomic mass is 10.1. The SMILES string of the molecule is C=C(C)COc1c(OC)cccc1-c1n[nH]nc1C(N)=O. The Morgan fingerprint density at radius 1 is 1.43 bits per heavy atom. The summed E-state index contributed by atoms with van der Waals surface area (Å²) in [6, 6.07) is 5.27. The Balaban J connectivity index is 2.54.